The lowest BCUT2D eigenvalue weighted by atomic mass is 9.42. The zero-order valence-corrected chi connectivity index (χ0v) is 17.2. The highest BCUT2D eigenvalue weighted by molar-refractivity contribution is 5.74. The second kappa shape index (κ2) is 6.61. The lowest BCUT2D eigenvalue weighted by molar-refractivity contribution is -0.188. The molecule has 0 bridgehead atoms. The summed E-state index contributed by atoms with van der Waals surface area (Å²) in [5, 5.41) is 26.0. The van der Waals surface area contributed by atoms with Gasteiger partial charge in [0.05, 0.1) is 30.8 Å². The molecule has 7 nitrogen and oxygen atoms in total. The molecule has 0 radical (unpaired) electrons. The molecule has 0 heterocycles. The zero-order chi connectivity index (χ0) is 20.3. The van der Waals surface area contributed by atoms with Gasteiger partial charge in [-0.3, -0.25) is 4.79 Å². The van der Waals surface area contributed by atoms with Crippen LogP contribution in [-0.2, 0) is 9.53 Å². The molecule has 28 heavy (non-hydrogen) atoms. The van der Waals surface area contributed by atoms with Crippen molar-refractivity contribution in [3.05, 3.63) is 10.4 Å². The number of carbonyl (C=O) groups is 1. The lowest BCUT2D eigenvalue weighted by Crippen LogP contribution is -2.66. The number of rotatable bonds is 2. The third-order valence-electron chi connectivity index (χ3n) is 9.63. The maximum Gasteiger partial charge on any atom is 0.309 e. The average molecular weight is 392 g/mol. The Morgan fingerprint density at radius 3 is 2.54 bits per heavy atom. The summed E-state index contributed by atoms with van der Waals surface area (Å²) in [6.45, 7) is 4.25. The summed E-state index contributed by atoms with van der Waals surface area (Å²) >= 11 is 0. The van der Waals surface area contributed by atoms with Gasteiger partial charge in [-0.05, 0) is 80.1 Å². The topological polar surface area (TPSA) is 116 Å². The molecule has 0 aromatic heterocycles. The number of carbonyl (C=O) groups excluding carboxylic acids is 1. The molecule has 4 aliphatic carbocycles. The third-order valence-corrected chi connectivity index (χ3v) is 9.63. The number of ether oxygens (including phenoxy) is 1. The molecule has 4 saturated carbocycles. The number of azide groups is 1. The Bertz CT molecular complexity index is 710. The number of methoxy groups -OCH3 is 1. The normalized spacial score (nSPS) is 52.6. The molecule has 0 spiro atoms. The highest BCUT2D eigenvalue weighted by Gasteiger charge is 2.71. The van der Waals surface area contributed by atoms with Crippen molar-refractivity contribution >= 4 is 5.97 Å². The summed E-state index contributed by atoms with van der Waals surface area (Å²) < 4.78 is 5.06. The average Bonchev–Trinajstić information content (AvgIpc) is 2.98. The molecule has 7 heteroatoms. The number of hydrogen-bond acceptors (Lipinski definition) is 5. The van der Waals surface area contributed by atoms with Crippen molar-refractivity contribution in [2.24, 2.45) is 39.6 Å². The van der Waals surface area contributed by atoms with Crippen LogP contribution in [0.5, 0.6) is 0 Å². The molecule has 4 aliphatic rings. The van der Waals surface area contributed by atoms with Gasteiger partial charge in [0.1, 0.15) is 0 Å². The molecule has 0 amide bonds. The molecule has 9 atom stereocenters. The van der Waals surface area contributed by atoms with E-state index in [1.807, 2.05) is 6.92 Å². The summed E-state index contributed by atoms with van der Waals surface area (Å²) in [6.07, 6.45) is 5.38. The van der Waals surface area contributed by atoms with E-state index in [1.54, 1.807) is 0 Å². The molecule has 4 rings (SSSR count). The number of fused-ring (bicyclic) bond motifs is 5. The number of esters is 1. The Hall–Kier alpha value is -1.30. The van der Waals surface area contributed by atoms with Crippen LogP contribution in [-0.4, -0.2) is 41.0 Å². The molecule has 156 valence electrons. The van der Waals surface area contributed by atoms with Gasteiger partial charge < -0.3 is 14.9 Å². The van der Waals surface area contributed by atoms with Crippen molar-refractivity contribution < 1.29 is 19.7 Å². The van der Waals surface area contributed by atoms with Crippen LogP contribution in [0.1, 0.15) is 65.2 Å². The zero-order valence-electron chi connectivity index (χ0n) is 17.2. The van der Waals surface area contributed by atoms with Crippen LogP contribution >= 0.6 is 0 Å². The van der Waals surface area contributed by atoms with E-state index < -0.39 is 23.0 Å². The van der Waals surface area contributed by atoms with Gasteiger partial charge in [-0.15, -0.1) is 0 Å². The van der Waals surface area contributed by atoms with E-state index in [1.165, 1.54) is 7.11 Å². The van der Waals surface area contributed by atoms with E-state index in [4.69, 9.17) is 4.74 Å². The van der Waals surface area contributed by atoms with Crippen LogP contribution in [0, 0.1) is 34.5 Å². The molecule has 0 unspecified atom stereocenters. The van der Waals surface area contributed by atoms with Crippen LogP contribution < -0.4 is 0 Å². The van der Waals surface area contributed by atoms with Gasteiger partial charge >= 0.3 is 5.97 Å². The summed E-state index contributed by atoms with van der Waals surface area (Å²) in [5.74, 6) is 0.0787. The Morgan fingerprint density at radius 1 is 1.11 bits per heavy atom. The van der Waals surface area contributed by atoms with Gasteiger partial charge in [-0.1, -0.05) is 19.0 Å². The Kier molecular flexibility index (Phi) is 4.72. The summed E-state index contributed by atoms with van der Waals surface area (Å²) in [6, 6.07) is 0. The molecular weight excluding hydrogens is 358 g/mol. The predicted octanol–water partition coefficient (Wildman–Crippen LogP) is 3.58. The second-order valence-electron chi connectivity index (χ2n) is 10.2. The maximum absolute atomic E-state index is 12.6. The minimum absolute atomic E-state index is 0.0335. The first-order valence-electron chi connectivity index (χ1n) is 10.7. The van der Waals surface area contributed by atoms with Crippen LogP contribution in [0.3, 0.4) is 0 Å². The lowest BCUT2D eigenvalue weighted by Gasteiger charge is -2.65. The van der Waals surface area contributed by atoms with Gasteiger partial charge in [0.15, 0.2) is 0 Å². The minimum Gasteiger partial charge on any atom is -0.469 e. The van der Waals surface area contributed by atoms with Gasteiger partial charge in [-0.25, -0.2) is 0 Å². The van der Waals surface area contributed by atoms with Crippen LogP contribution in [0.15, 0.2) is 5.11 Å². The molecule has 4 fully saturated rings. The van der Waals surface area contributed by atoms with Crippen molar-refractivity contribution in [2.45, 2.75) is 83.0 Å². The second-order valence-corrected chi connectivity index (χ2v) is 10.2. The Balaban J connectivity index is 1.79. The summed E-state index contributed by atoms with van der Waals surface area (Å²) in [7, 11) is 1.39. The first kappa shape index (κ1) is 20.0. The fraction of sp³-hybridized carbons (Fsp3) is 0.952. The third kappa shape index (κ3) is 2.36. The van der Waals surface area contributed by atoms with Gasteiger partial charge in [0.25, 0.3) is 0 Å². The van der Waals surface area contributed by atoms with Gasteiger partial charge in [0.2, 0.25) is 0 Å². The molecule has 0 aromatic rings. The molecule has 2 N–H and O–H groups in total. The highest BCUT2D eigenvalue weighted by atomic mass is 16.5. The first-order valence-corrected chi connectivity index (χ1v) is 10.7. The van der Waals surface area contributed by atoms with Crippen LogP contribution in [0.25, 0.3) is 10.4 Å². The fourth-order valence-electron chi connectivity index (χ4n) is 8.02. The summed E-state index contributed by atoms with van der Waals surface area (Å²) in [5.41, 5.74) is 7.97. The largest absolute Gasteiger partial charge is 0.469 e. The Morgan fingerprint density at radius 2 is 1.86 bits per heavy atom. The monoisotopic (exact) mass is 391 g/mol. The SMILES string of the molecule is COC(=O)[C@H]1CC[C@]2(N=[N+]=[N-])[C@@H]3CC[C@@H]4C[C@@H](O)CC[C@]4(C)[C@H]3C[C@@H](O)[C@]12C. The number of nitrogens with zero attached hydrogens (tertiary/aromatic N) is 3. The van der Waals surface area contributed by atoms with E-state index in [-0.39, 0.29) is 29.3 Å². The fourth-order valence-corrected chi connectivity index (χ4v) is 8.02. The van der Waals surface area contributed by atoms with Crippen molar-refractivity contribution in [3.63, 3.8) is 0 Å². The molecule has 0 aromatic carbocycles. The summed E-state index contributed by atoms with van der Waals surface area (Å²) in [4.78, 5) is 15.8. The number of hydrogen-bond donors (Lipinski definition) is 2. The van der Waals surface area contributed by atoms with Crippen molar-refractivity contribution in [1.82, 2.24) is 0 Å². The number of aliphatic hydroxyl groups is 2. The van der Waals surface area contributed by atoms with Crippen molar-refractivity contribution in [2.75, 3.05) is 7.11 Å². The minimum atomic E-state index is -0.801. The van der Waals surface area contributed by atoms with Crippen molar-refractivity contribution in [3.8, 4) is 0 Å². The predicted molar refractivity (Wildman–Crippen MR) is 103 cm³/mol. The van der Waals surface area contributed by atoms with Crippen molar-refractivity contribution in [1.29, 1.82) is 0 Å². The van der Waals surface area contributed by atoms with Gasteiger partial charge in [-0.2, -0.15) is 0 Å². The quantitative estimate of drug-likeness (QED) is 0.324. The molecule has 0 saturated heterocycles. The van der Waals surface area contributed by atoms with E-state index in [0.717, 1.165) is 32.1 Å². The van der Waals surface area contributed by atoms with E-state index in [2.05, 4.69) is 16.9 Å². The van der Waals surface area contributed by atoms with Gasteiger partial charge in [0, 0.05) is 10.3 Å². The van der Waals surface area contributed by atoms with E-state index >= 15 is 0 Å². The molecular formula is C21H33N3O4. The van der Waals surface area contributed by atoms with E-state index in [0.29, 0.717) is 25.2 Å². The smallest absolute Gasteiger partial charge is 0.309 e. The van der Waals surface area contributed by atoms with Crippen LogP contribution in [0.2, 0.25) is 0 Å². The number of aliphatic hydroxyl groups excluding tert-OH is 2. The maximum atomic E-state index is 12.6. The highest BCUT2D eigenvalue weighted by Crippen LogP contribution is 2.70. The Labute approximate surface area is 166 Å². The van der Waals surface area contributed by atoms with Crippen LogP contribution in [0.4, 0.5) is 0 Å². The first-order chi connectivity index (χ1) is 13.2. The standard InChI is InChI=1S/C21H33N3O4/c1-19-8-6-13(25)10-12(19)4-5-14-16(19)11-17(26)20(2)15(18(27)28-3)7-9-21(14,20)23-24-22/h12-17,25-26H,4-11H2,1-3H3/t12-,13+,14-,15-,16+,17-,19+,20+,21+/m1/s1. The van der Waals surface area contributed by atoms with E-state index in [9.17, 15) is 20.5 Å². The molecule has 0 aliphatic heterocycles.